The molecule has 0 saturated heterocycles. The van der Waals surface area contributed by atoms with Gasteiger partial charge < -0.3 is 10.1 Å². The van der Waals surface area contributed by atoms with E-state index in [0.29, 0.717) is 29.7 Å². The third-order valence-electron chi connectivity index (χ3n) is 5.80. The molecule has 4 nitrogen and oxygen atoms in total. The molecule has 1 aliphatic rings. The lowest BCUT2D eigenvalue weighted by Crippen LogP contribution is -2.54. The Labute approximate surface area is 157 Å². The molecule has 4 atom stereocenters. The average molecular weight is 360 g/mol. The predicted octanol–water partition coefficient (Wildman–Crippen LogP) is 4.59. The van der Waals surface area contributed by atoms with E-state index in [2.05, 4.69) is 26.1 Å². The van der Waals surface area contributed by atoms with E-state index in [-0.39, 0.29) is 18.0 Å². The maximum Gasteiger partial charge on any atom is 0.331 e. The molecule has 1 amide bonds. The van der Waals surface area contributed by atoms with E-state index in [1.165, 1.54) is 6.42 Å². The number of ether oxygens (including phenoxy) is 1. The third kappa shape index (κ3) is 4.87. The van der Waals surface area contributed by atoms with Gasteiger partial charge >= 0.3 is 5.97 Å². The lowest BCUT2D eigenvalue weighted by Gasteiger charge is -2.39. The van der Waals surface area contributed by atoms with Crippen molar-refractivity contribution in [1.29, 1.82) is 0 Å². The summed E-state index contributed by atoms with van der Waals surface area (Å²) in [5.74, 6) is 0.862. The van der Waals surface area contributed by atoms with Crippen molar-refractivity contribution in [2.24, 2.45) is 17.8 Å². The number of hydrogen-bond donors (Lipinski definition) is 1. The minimum absolute atomic E-state index is 0.0641. The Morgan fingerprint density at radius 2 is 1.88 bits per heavy atom. The molecule has 0 spiro atoms. The quantitative estimate of drug-likeness (QED) is 0.756. The summed E-state index contributed by atoms with van der Waals surface area (Å²) in [5.41, 5.74) is -0.471. The zero-order chi connectivity index (χ0) is 19.3. The van der Waals surface area contributed by atoms with Gasteiger partial charge in [0, 0.05) is 5.56 Å². The molecule has 4 heteroatoms. The first-order valence-corrected chi connectivity index (χ1v) is 9.85. The highest BCUT2D eigenvalue weighted by Gasteiger charge is 2.40. The van der Waals surface area contributed by atoms with Crippen LogP contribution in [0, 0.1) is 17.8 Å². The second-order valence-corrected chi connectivity index (χ2v) is 8.28. The van der Waals surface area contributed by atoms with E-state index >= 15 is 0 Å². The predicted molar refractivity (Wildman–Crippen MR) is 104 cm³/mol. The van der Waals surface area contributed by atoms with Crippen molar-refractivity contribution in [1.82, 2.24) is 5.32 Å². The molecule has 1 saturated carbocycles. The maximum absolute atomic E-state index is 13.0. The maximum atomic E-state index is 13.0. The molecule has 2 rings (SSSR count). The third-order valence-corrected chi connectivity index (χ3v) is 5.80. The number of benzene rings is 1. The van der Waals surface area contributed by atoms with Crippen molar-refractivity contribution < 1.29 is 14.3 Å². The van der Waals surface area contributed by atoms with Gasteiger partial charge in [-0.25, -0.2) is 4.79 Å². The highest BCUT2D eigenvalue weighted by Crippen LogP contribution is 2.36. The van der Waals surface area contributed by atoms with Crippen LogP contribution in [0.4, 0.5) is 0 Å². The van der Waals surface area contributed by atoms with Gasteiger partial charge in [0.2, 0.25) is 0 Å². The molecule has 1 aromatic rings. The molecule has 0 bridgehead atoms. The summed E-state index contributed by atoms with van der Waals surface area (Å²) in [7, 11) is 0. The van der Waals surface area contributed by atoms with Crippen LogP contribution in [0.15, 0.2) is 30.3 Å². The Morgan fingerprint density at radius 1 is 1.23 bits per heavy atom. The summed E-state index contributed by atoms with van der Waals surface area (Å²) < 4.78 is 5.97. The zero-order valence-corrected chi connectivity index (χ0v) is 16.7. The van der Waals surface area contributed by atoms with Crippen LogP contribution in [0.25, 0.3) is 0 Å². The van der Waals surface area contributed by atoms with Gasteiger partial charge in [0.1, 0.15) is 11.6 Å². The standard InChI is InChI=1S/C22H33NO3/c1-6-22(5,23-20(24)17-10-8-7-9-11-17)21(25)26-19-14-16(4)12-13-18(19)15(2)3/h7-11,15-16,18-19H,6,12-14H2,1-5H3,(H,23,24). The summed E-state index contributed by atoms with van der Waals surface area (Å²) in [6.45, 7) is 10.3. The molecule has 1 aromatic carbocycles. The molecular formula is C22H33NO3. The molecule has 0 aromatic heterocycles. The van der Waals surface area contributed by atoms with Crippen LogP contribution in [-0.4, -0.2) is 23.5 Å². The Kier molecular flexibility index (Phi) is 6.85. The van der Waals surface area contributed by atoms with Crippen LogP contribution >= 0.6 is 0 Å². The van der Waals surface area contributed by atoms with Crippen molar-refractivity contribution in [3.05, 3.63) is 35.9 Å². The molecule has 1 aliphatic carbocycles. The number of nitrogens with one attached hydrogen (secondary N) is 1. The van der Waals surface area contributed by atoms with Crippen molar-refractivity contribution in [2.75, 3.05) is 0 Å². The molecule has 144 valence electrons. The fraction of sp³-hybridized carbons (Fsp3) is 0.636. The van der Waals surface area contributed by atoms with Gasteiger partial charge in [-0.05, 0) is 56.1 Å². The Bertz CT molecular complexity index is 613. The van der Waals surface area contributed by atoms with E-state index in [0.717, 1.165) is 12.8 Å². The second kappa shape index (κ2) is 8.70. The van der Waals surface area contributed by atoms with Crippen molar-refractivity contribution in [3.8, 4) is 0 Å². The number of hydrogen-bond acceptors (Lipinski definition) is 3. The minimum atomic E-state index is -1.02. The highest BCUT2D eigenvalue weighted by atomic mass is 16.5. The Balaban J connectivity index is 2.09. The molecule has 0 radical (unpaired) electrons. The summed E-state index contributed by atoms with van der Waals surface area (Å²) >= 11 is 0. The molecule has 1 N–H and O–H groups in total. The topological polar surface area (TPSA) is 55.4 Å². The highest BCUT2D eigenvalue weighted by molar-refractivity contribution is 5.98. The van der Waals surface area contributed by atoms with Crippen molar-refractivity contribution >= 4 is 11.9 Å². The minimum Gasteiger partial charge on any atom is -0.460 e. The van der Waals surface area contributed by atoms with Gasteiger partial charge in [-0.15, -0.1) is 0 Å². The fourth-order valence-corrected chi connectivity index (χ4v) is 3.71. The van der Waals surface area contributed by atoms with E-state index in [4.69, 9.17) is 4.74 Å². The van der Waals surface area contributed by atoms with Crippen LogP contribution in [0.3, 0.4) is 0 Å². The summed E-state index contributed by atoms with van der Waals surface area (Å²) in [5, 5.41) is 2.89. The first-order valence-electron chi connectivity index (χ1n) is 9.85. The number of amides is 1. The zero-order valence-electron chi connectivity index (χ0n) is 16.7. The van der Waals surface area contributed by atoms with Crippen LogP contribution in [0.2, 0.25) is 0 Å². The van der Waals surface area contributed by atoms with Crippen molar-refractivity contribution in [3.63, 3.8) is 0 Å². The first kappa shape index (κ1) is 20.5. The molecule has 0 aliphatic heterocycles. The first-order chi connectivity index (χ1) is 12.3. The molecule has 4 unspecified atom stereocenters. The Morgan fingerprint density at radius 3 is 2.46 bits per heavy atom. The molecule has 1 fully saturated rings. The smallest absolute Gasteiger partial charge is 0.331 e. The number of rotatable bonds is 6. The van der Waals surface area contributed by atoms with Crippen LogP contribution in [-0.2, 0) is 9.53 Å². The van der Waals surface area contributed by atoms with E-state index in [1.807, 2.05) is 25.1 Å². The van der Waals surface area contributed by atoms with Gasteiger partial charge in [-0.1, -0.05) is 52.3 Å². The van der Waals surface area contributed by atoms with Gasteiger partial charge in [-0.2, -0.15) is 0 Å². The van der Waals surface area contributed by atoms with E-state index in [1.54, 1.807) is 19.1 Å². The van der Waals surface area contributed by atoms with Crippen LogP contribution in [0.1, 0.15) is 70.7 Å². The summed E-state index contributed by atoms with van der Waals surface area (Å²) in [6.07, 6.45) is 3.61. The number of esters is 1. The molecule has 0 heterocycles. The largest absolute Gasteiger partial charge is 0.460 e. The van der Waals surface area contributed by atoms with E-state index in [9.17, 15) is 9.59 Å². The second-order valence-electron chi connectivity index (χ2n) is 8.28. The van der Waals surface area contributed by atoms with Crippen LogP contribution < -0.4 is 5.32 Å². The molecule has 26 heavy (non-hydrogen) atoms. The summed E-state index contributed by atoms with van der Waals surface area (Å²) in [4.78, 5) is 25.5. The van der Waals surface area contributed by atoms with Gasteiger partial charge in [-0.3, -0.25) is 4.79 Å². The average Bonchev–Trinajstić information content (AvgIpc) is 2.62. The summed E-state index contributed by atoms with van der Waals surface area (Å²) in [6, 6.07) is 8.98. The monoisotopic (exact) mass is 359 g/mol. The number of carbonyl (C=O) groups excluding carboxylic acids is 2. The van der Waals surface area contributed by atoms with Gasteiger partial charge in [0.15, 0.2) is 0 Å². The SMILES string of the molecule is CCC(C)(NC(=O)c1ccccc1)C(=O)OC1CC(C)CCC1C(C)C. The lowest BCUT2D eigenvalue weighted by atomic mass is 9.75. The fourth-order valence-electron chi connectivity index (χ4n) is 3.71. The lowest BCUT2D eigenvalue weighted by molar-refractivity contribution is -0.163. The van der Waals surface area contributed by atoms with Crippen LogP contribution in [0.5, 0.6) is 0 Å². The van der Waals surface area contributed by atoms with E-state index < -0.39 is 5.54 Å². The number of carbonyl (C=O) groups is 2. The van der Waals surface area contributed by atoms with Gasteiger partial charge in [0.05, 0.1) is 0 Å². The Hall–Kier alpha value is -1.84. The molecular weight excluding hydrogens is 326 g/mol. The van der Waals surface area contributed by atoms with Crippen molar-refractivity contribution in [2.45, 2.75) is 71.9 Å². The normalized spacial score (nSPS) is 25.4. The van der Waals surface area contributed by atoms with Gasteiger partial charge in [0.25, 0.3) is 5.91 Å².